The molecule has 9 nitrogen and oxygen atoms in total. The van der Waals surface area contributed by atoms with Gasteiger partial charge in [-0.3, -0.25) is 9.59 Å². The monoisotopic (exact) mass is 655 g/mol. The second-order valence-corrected chi connectivity index (χ2v) is 14.3. The van der Waals surface area contributed by atoms with Crippen LogP contribution in [0.5, 0.6) is 11.5 Å². The van der Waals surface area contributed by atoms with Crippen molar-refractivity contribution in [2.75, 3.05) is 0 Å². The van der Waals surface area contributed by atoms with Gasteiger partial charge in [-0.05, 0) is 79.3 Å². The highest BCUT2D eigenvalue weighted by molar-refractivity contribution is 7.91. The number of allylic oxidation sites excluding steroid dienone is 3. The third-order valence-corrected chi connectivity index (χ3v) is 11.6. The molecule has 6 rings (SSSR count). The van der Waals surface area contributed by atoms with Crippen molar-refractivity contribution in [2.24, 2.45) is 7.05 Å². The maximum Gasteiger partial charge on any atom is 0.273 e. The van der Waals surface area contributed by atoms with E-state index in [2.05, 4.69) is 4.98 Å². The Morgan fingerprint density at radius 2 is 1.77 bits per heavy atom. The van der Waals surface area contributed by atoms with Crippen LogP contribution in [0.15, 0.2) is 101 Å². The minimum Gasteiger partial charge on any atom is -0.455 e. The van der Waals surface area contributed by atoms with Crippen molar-refractivity contribution in [2.45, 2.75) is 45.0 Å². The highest BCUT2D eigenvalue weighted by Crippen LogP contribution is 2.49. The van der Waals surface area contributed by atoms with Crippen LogP contribution < -0.4 is 15.9 Å². The zero-order valence-corrected chi connectivity index (χ0v) is 27.4. The van der Waals surface area contributed by atoms with E-state index in [1.54, 1.807) is 38.4 Å². The number of aromatic nitrogens is 3. The Bertz CT molecular complexity index is 2350. The molecule has 0 spiro atoms. The number of rotatable bonds is 7. The van der Waals surface area contributed by atoms with Gasteiger partial charge >= 0.3 is 0 Å². The minimum absolute atomic E-state index is 0.0537. The first-order chi connectivity index (χ1) is 22.3. The Morgan fingerprint density at radius 3 is 2.45 bits per heavy atom. The first kappa shape index (κ1) is 32.0. The van der Waals surface area contributed by atoms with E-state index in [1.807, 2.05) is 32.0 Å². The van der Waals surface area contributed by atoms with E-state index in [4.69, 9.17) is 4.74 Å². The number of para-hydroxylation sites is 1. The lowest BCUT2D eigenvalue weighted by molar-refractivity contribution is 0.281. The highest BCUT2D eigenvalue weighted by Gasteiger charge is 2.51. The average Bonchev–Trinajstić information content (AvgIpc) is 3.48. The van der Waals surface area contributed by atoms with Crippen LogP contribution in [-0.2, 0) is 23.7 Å². The van der Waals surface area contributed by atoms with Crippen molar-refractivity contribution in [1.29, 1.82) is 0 Å². The number of aromatic amines is 1. The summed E-state index contributed by atoms with van der Waals surface area (Å²) in [5, 5.41) is 10.1. The number of ether oxygens (including phenoxy) is 1. The fourth-order valence-electron chi connectivity index (χ4n) is 6.30. The van der Waals surface area contributed by atoms with Gasteiger partial charge in [0.25, 0.3) is 11.1 Å². The standard InChI is InChI=1S/C36H34FN3O6S/c1-21-7-6-8-22(2)34(21)46-31-19-39(5)32(42)18-28(31)26-15-23(3)36(4,29(17-26)27-10-9-24(20-41)16-30(27)37)47(44,45)40-14-12-25-11-13-38-35(43)33(25)40/h6-19,29,41H,20H2,1-5H3,(H,38,43). The van der Waals surface area contributed by atoms with E-state index in [9.17, 15) is 23.1 Å². The Balaban J connectivity index is 1.61. The van der Waals surface area contributed by atoms with Gasteiger partial charge in [-0.2, -0.15) is 0 Å². The lowest BCUT2D eigenvalue weighted by atomic mass is 9.75. The van der Waals surface area contributed by atoms with Crippen molar-refractivity contribution < 1.29 is 22.7 Å². The Hall–Kier alpha value is -5.00. The molecule has 0 amide bonds. The molecule has 0 saturated carbocycles. The molecule has 2 atom stereocenters. The topological polar surface area (TPSA) is 123 Å². The quantitative estimate of drug-likeness (QED) is 0.227. The molecular formula is C36H34FN3O6S. The molecule has 11 heteroatoms. The Labute approximate surface area is 271 Å². The Kier molecular flexibility index (Phi) is 7.93. The molecule has 47 heavy (non-hydrogen) atoms. The fraction of sp³-hybridized carbons (Fsp3) is 0.222. The number of pyridine rings is 2. The van der Waals surface area contributed by atoms with E-state index < -0.39 is 38.7 Å². The van der Waals surface area contributed by atoms with Crippen LogP contribution in [0.25, 0.3) is 16.5 Å². The summed E-state index contributed by atoms with van der Waals surface area (Å²) in [6, 6.07) is 14.5. The summed E-state index contributed by atoms with van der Waals surface area (Å²) in [7, 11) is -2.86. The number of aliphatic hydroxyl groups excluding tert-OH is 1. The lowest BCUT2D eigenvalue weighted by Gasteiger charge is -2.40. The van der Waals surface area contributed by atoms with Gasteiger partial charge in [-0.1, -0.05) is 42.5 Å². The summed E-state index contributed by atoms with van der Waals surface area (Å²) >= 11 is 0. The molecule has 0 aliphatic heterocycles. The third kappa shape index (κ3) is 5.15. The molecule has 0 bridgehead atoms. The van der Waals surface area contributed by atoms with Crippen LogP contribution in [0.3, 0.4) is 0 Å². The number of halogens is 1. The molecule has 3 aromatic heterocycles. The van der Waals surface area contributed by atoms with Gasteiger partial charge in [-0.15, -0.1) is 0 Å². The smallest absolute Gasteiger partial charge is 0.273 e. The van der Waals surface area contributed by atoms with E-state index in [-0.39, 0.29) is 16.6 Å². The van der Waals surface area contributed by atoms with Crippen LogP contribution in [0, 0.1) is 19.7 Å². The second kappa shape index (κ2) is 11.7. The number of hydrogen-bond acceptors (Lipinski definition) is 6. The lowest BCUT2D eigenvalue weighted by Crippen LogP contribution is -2.47. The largest absolute Gasteiger partial charge is 0.455 e. The molecule has 1 aliphatic carbocycles. The summed E-state index contributed by atoms with van der Waals surface area (Å²) in [5.41, 5.74) is 2.38. The molecule has 3 heterocycles. The molecule has 2 aromatic carbocycles. The number of fused-ring (bicyclic) bond motifs is 1. The zero-order chi connectivity index (χ0) is 33.8. The van der Waals surface area contributed by atoms with Crippen molar-refractivity contribution >= 4 is 26.5 Å². The first-order valence-corrected chi connectivity index (χ1v) is 16.4. The summed E-state index contributed by atoms with van der Waals surface area (Å²) in [4.78, 5) is 28.4. The molecule has 2 N–H and O–H groups in total. The summed E-state index contributed by atoms with van der Waals surface area (Å²) in [6.07, 6.45) is 7.63. The second-order valence-electron chi connectivity index (χ2n) is 12.1. The van der Waals surface area contributed by atoms with Gasteiger partial charge in [0.1, 0.15) is 21.8 Å². The molecular weight excluding hydrogens is 621 g/mol. The van der Waals surface area contributed by atoms with Crippen molar-refractivity contribution in [3.05, 3.63) is 145 Å². The van der Waals surface area contributed by atoms with Gasteiger partial charge in [0.15, 0.2) is 5.75 Å². The number of nitrogens with zero attached hydrogens (tertiary/aromatic N) is 2. The van der Waals surface area contributed by atoms with Crippen LogP contribution in [0.1, 0.15) is 47.6 Å². The number of benzene rings is 2. The summed E-state index contributed by atoms with van der Waals surface area (Å²) < 4.78 is 52.5. The van der Waals surface area contributed by atoms with E-state index in [0.29, 0.717) is 39.2 Å². The van der Waals surface area contributed by atoms with E-state index >= 15 is 4.39 Å². The maximum absolute atomic E-state index is 15.9. The normalized spacial score (nSPS) is 18.2. The van der Waals surface area contributed by atoms with E-state index in [0.717, 1.165) is 15.1 Å². The number of aliphatic hydroxyl groups is 1. The SMILES string of the molecule is CC1=CC(c2cc(=O)n(C)cc2Oc2c(C)cccc2C)=CC(c2ccc(CO)cc2F)C1(C)S(=O)(=O)n1ccc2cc[nH]c(=O)c21. The summed E-state index contributed by atoms with van der Waals surface area (Å²) in [5.74, 6) is -0.884. The molecule has 242 valence electrons. The van der Waals surface area contributed by atoms with E-state index in [1.165, 1.54) is 54.2 Å². The summed E-state index contributed by atoms with van der Waals surface area (Å²) in [6.45, 7) is 6.57. The van der Waals surface area contributed by atoms with Crippen LogP contribution in [0.2, 0.25) is 0 Å². The first-order valence-electron chi connectivity index (χ1n) is 15.0. The molecule has 0 saturated heterocycles. The average molecular weight is 656 g/mol. The van der Waals surface area contributed by atoms with Crippen molar-refractivity contribution in [3.8, 4) is 11.5 Å². The molecule has 5 aromatic rings. The predicted octanol–water partition coefficient (Wildman–Crippen LogP) is 5.83. The molecule has 0 radical (unpaired) electrons. The highest BCUT2D eigenvalue weighted by atomic mass is 32.2. The number of nitrogens with one attached hydrogen (secondary N) is 1. The van der Waals surface area contributed by atoms with Gasteiger partial charge in [0.05, 0.1) is 12.8 Å². The van der Waals surface area contributed by atoms with Crippen molar-refractivity contribution in [1.82, 2.24) is 13.5 Å². The molecule has 0 fully saturated rings. The fourth-order valence-corrected chi connectivity index (χ4v) is 8.34. The van der Waals surface area contributed by atoms with Gasteiger partial charge in [0, 0.05) is 42.4 Å². The maximum atomic E-state index is 15.9. The van der Waals surface area contributed by atoms with Gasteiger partial charge in [0.2, 0.25) is 10.0 Å². The van der Waals surface area contributed by atoms with Crippen molar-refractivity contribution in [3.63, 3.8) is 0 Å². The van der Waals surface area contributed by atoms with Gasteiger partial charge < -0.3 is 19.4 Å². The van der Waals surface area contributed by atoms with Crippen LogP contribution >= 0.6 is 0 Å². The number of aryl methyl sites for hydroxylation is 3. The number of H-pyrrole nitrogens is 1. The number of hydrogen-bond donors (Lipinski definition) is 2. The minimum atomic E-state index is -4.47. The Morgan fingerprint density at radius 1 is 1.04 bits per heavy atom. The predicted molar refractivity (Wildman–Crippen MR) is 180 cm³/mol. The zero-order valence-electron chi connectivity index (χ0n) is 26.5. The molecule has 1 aliphatic rings. The molecule has 2 unspecified atom stereocenters. The third-order valence-electron chi connectivity index (χ3n) is 9.17. The van der Waals surface area contributed by atoms with Gasteiger partial charge in [-0.25, -0.2) is 16.8 Å². The van der Waals surface area contributed by atoms with Crippen LogP contribution in [0.4, 0.5) is 4.39 Å². The van der Waals surface area contributed by atoms with Crippen LogP contribution in [-0.4, -0.2) is 31.8 Å².